The van der Waals surface area contributed by atoms with Gasteiger partial charge in [-0.2, -0.15) is 13.2 Å². The Morgan fingerprint density at radius 2 is 1.86 bits per heavy atom. The SMILES string of the molecule is CC(C)[C@]1(C(=O)N2CCc3ccc(C(F)(F)F)cc3C2)CCC(N2CCC(n3cnnn3)CC2)C1. The molecule has 190 valence electrons. The molecule has 1 saturated carbocycles. The summed E-state index contributed by atoms with van der Waals surface area (Å²) in [6, 6.07) is 4.61. The van der Waals surface area contributed by atoms with Crippen LogP contribution < -0.4 is 0 Å². The van der Waals surface area contributed by atoms with Crippen molar-refractivity contribution in [3.63, 3.8) is 0 Å². The highest BCUT2D eigenvalue weighted by molar-refractivity contribution is 5.84. The number of hydrogen-bond donors (Lipinski definition) is 0. The van der Waals surface area contributed by atoms with Gasteiger partial charge < -0.3 is 9.80 Å². The van der Waals surface area contributed by atoms with Crippen molar-refractivity contribution in [2.24, 2.45) is 11.3 Å². The van der Waals surface area contributed by atoms with E-state index in [1.165, 1.54) is 6.07 Å². The number of hydrogen-bond acceptors (Lipinski definition) is 5. The number of aromatic nitrogens is 4. The number of likely N-dealkylation sites (tertiary alicyclic amines) is 1. The highest BCUT2D eigenvalue weighted by Crippen LogP contribution is 2.48. The average Bonchev–Trinajstić information content (AvgIpc) is 3.54. The minimum absolute atomic E-state index is 0.113. The van der Waals surface area contributed by atoms with Gasteiger partial charge in [-0.25, -0.2) is 4.68 Å². The number of amides is 1. The molecule has 0 radical (unpaired) electrons. The summed E-state index contributed by atoms with van der Waals surface area (Å²) in [5.74, 6) is 0.281. The van der Waals surface area contributed by atoms with Crippen molar-refractivity contribution in [3.05, 3.63) is 41.2 Å². The normalized spacial score (nSPS) is 26.3. The number of rotatable bonds is 4. The lowest BCUT2D eigenvalue weighted by atomic mass is 9.73. The minimum atomic E-state index is -4.38. The quantitative estimate of drug-likeness (QED) is 0.646. The number of benzene rings is 1. The van der Waals surface area contributed by atoms with Gasteiger partial charge >= 0.3 is 6.18 Å². The lowest BCUT2D eigenvalue weighted by Gasteiger charge is -2.41. The second kappa shape index (κ2) is 9.19. The molecule has 35 heavy (non-hydrogen) atoms. The number of tetrazole rings is 1. The average molecular weight is 491 g/mol. The van der Waals surface area contributed by atoms with E-state index in [0.717, 1.165) is 56.8 Å². The molecule has 2 atom stereocenters. The van der Waals surface area contributed by atoms with Gasteiger partial charge in [0.1, 0.15) is 6.33 Å². The first-order valence-corrected chi connectivity index (χ1v) is 12.6. The molecule has 3 heterocycles. The van der Waals surface area contributed by atoms with Gasteiger partial charge in [0.15, 0.2) is 0 Å². The Bertz CT molecular complexity index is 1050. The number of carbonyl (C=O) groups is 1. The lowest BCUT2D eigenvalue weighted by Crippen LogP contribution is -2.49. The van der Waals surface area contributed by atoms with E-state index in [1.807, 2.05) is 9.58 Å². The molecule has 10 heteroatoms. The molecular weight excluding hydrogens is 457 g/mol. The number of carbonyl (C=O) groups excluding carboxylic acids is 1. The molecule has 1 unspecified atom stereocenters. The summed E-state index contributed by atoms with van der Waals surface area (Å²) in [6.07, 6.45) is 2.47. The van der Waals surface area contributed by atoms with E-state index in [2.05, 4.69) is 34.3 Å². The molecule has 1 aliphatic carbocycles. The molecule has 0 bridgehead atoms. The molecule has 1 saturated heterocycles. The second-order valence-corrected chi connectivity index (χ2v) is 10.7. The van der Waals surface area contributed by atoms with E-state index >= 15 is 0 Å². The molecule has 1 aromatic heterocycles. The van der Waals surface area contributed by atoms with Crippen molar-refractivity contribution >= 4 is 5.91 Å². The van der Waals surface area contributed by atoms with Crippen LogP contribution in [0.25, 0.3) is 0 Å². The fourth-order valence-electron chi connectivity index (χ4n) is 6.40. The Morgan fingerprint density at radius 3 is 2.51 bits per heavy atom. The fourth-order valence-corrected chi connectivity index (χ4v) is 6.40. The van der Waals surface area contributed by atoms with E-state index in [0.29, 0.717) is 30.6 Å². The van der Waals surface area contributed by atoms with Gasteiger partial charge in [-0.05, 0) is 78.1 Å². The Balaban J connectivity index is 1.27. The number of fused-ring (bicyclic) bond motifs is 1. The summed E-state index contributed by atoms with van der Waals surface area (Å²) in [6.45, 7) is 6.96. The Hall–Kier alpha value is -2.49. The molecule has 1 amide bonds. The third-order valence-electron chi connectivity index (χ3n) is 8.64. The summed E-state index contributed by atoms with van der Waals surface area (Å²) in [4.78, 5) is 18.3. The van der Waals surface area contributed by atoms with Gasteiger partial charge in [-0.3, -0.25) is 4.79 Å². The van der Waals surface area contributed by atoms with E-state index in [9.17, 15) is 18.0 Å². The van der Waals surface area contributed by atoms with Gasteiger partial charge in [0, 0.05) is 32.2 Å². The number of halogens is 3. The van der Waals surface area contributed by atoms with Crippen molar-refractivity contribution in [1.29, 1.82) is 0 Å². The number of nitrogens with zero attached hydrogens (tertiary/aromatic N) is 6. The molecule has 2 aromatic rings. The summed E-state index contributed by atoms with van der Waals surface area (Å²) in [7, 11) is 0. The number of alkyl halides is 3. The molecule has 0 spiro atoms. The molecule has 3 aliphatic rings. The Labute approximate surface area is 203 Å². The molecular formula is C25H33F3N6O. The first kappa shape index (κ1) is 24.2. The van der Waals surface area contributed by atoms with Crippen molar-refractivity contribution in [2.75, 3.05) is 19.6 Å². The first-order chi connectivity index (χ1) is 16.7. The maximum atomic E-state index is 14.0. The maximum Gasteiger partial charge on any atom is 0.416 e. The zero-order chi connectivity index (χ0) is 24.8. The van der Waals surface area contributed by atoms with Crippen LogP contribution in [0.4, 0.5) is 13.2 Å². The van der Waals surface area contributed by atoms with Crippen LogP contribution in [0.5, 0.6) is 0 Å². The van der Waals surface area contributed by atoms with Gasteiger partial charge in [-0.1, -0.05) is 19.9 Å². The second-order valence-electron chi connectivity index (χ2n) is 10.7. The van der Waals surface area contributed by atoms with Crippen molar-refractivity contribution in [2.45, 2.75) is 77.2 Å². The van der Waals surface area contributed by atoms with Crippen LogP contribution in [-0.2, 0) is 23.9 Å². The van der Waals surface area contributed by atoms with Crippen molar-refractivity contribution < 1.29 is 18.0 Å². The predicted octanol–water partition coefficient (Wildman–Crippen LogP) is 4.11. The van der Waals surface area contributed by atoms with Gasteiger partial charge in [0.2, 0.25) is 5.91 Å². The van der Waals surface area contributed by atoms with E-state index < -0.39 is 17.2 Å². The predicted molar refractivity (Wildman–Crippen MR) is 123 cm³/mol. The fraction of sp³-hybridized carbons (Fsp3) is 0.680. The summed E-state index contributed by atoms with van der Waals surface area (Å²) >= 11 is 0. The molecule has 7 nitrogen and oxygen atoms in total. The minimum Gasteiger partial charge on any atom is -0.338 e. The molecule has 2 fully saturated rings. The van der Waals surface area contributed by atoms with Gasteiger partial charge in [-0.15, -0.1) is 5.10 Å². The first-order valence-electron chi connectivity index (χ1n) is 12.6. The topological polar surface area (TPSA) is 67.2 Å². The van der Waals surface area contributed by atoms with Crippen molar-refractivity contribution in [1.82, 2.24) is 30.0 Å². The van der Waals surface area contributed by atoms with Gasteiger partial charge in [0.05, 0.1) is 17.0 Å². The monoisotopic (exact) mass is 490 g/mol. The standard InChI is InChI=1S/C25H33F3N6O/c1-17(2)24(9-5-22(14-24)32-11-7-21(8-12-32)34-16-29-30-31-34)23(35)33-10-6-18-3-4-20(25(26,27)28)13-19(18)15-33/h3-4,13,16-17,21-22H,5-12,14-15H2,1-2H3/t22?,24-/m0/s1. The van der Waals surface area contributed by atoms with Crippen LogP contribution in [0.15, 0.2) is 24.5 Å². The van der Waals surface area contributed by atoms with Crippen LogP contribution in [-0.4, -0.2) is 61.6 Å². The molecule has 2 aliphatic heterocycles. The molecule has 0 N–H and O–H groups in total. The lowest BCUT2D eigenvalue weighted by molar-refractivity contribution is -0.146. The number of piperidine rings is 1. The summed E-state index contributed by atoms with van der Waals surface area (Å²) in [5, 5.41) is 11.5. The van der Waals surface area contributed by atoms with Gasteiger partial charge in [0.25, 0.3) is 0 Å². The highest BCUT2D eigenvalue weighted by Gasteiger charge is 2.51. The Morgan fingerprint density at radius 1 is 1.09 bits per heavy atom. The van der Waals surface area contributed by atoms with Crippen molar-refractivity contribution in [3.8, 4) is 0 Å². The Kier molecular flexibility index (Phi) is 6.35. The zero-order valence-electron chi connectivity index (χ0n) is 20.3. The molecule has 5 rings (SSSR count). The zero-order valence-corrected chi connectivity index (χ0v) is 20.3. The highest BCUT2D eigenvalue weighted by atomic mass is 19.4. The van der Waals surface area contributed by atoms with E-state index in [-0.39, 0.29) is 18.4 Å². The van der Waals surface area contributed by atoms with Crippen LogP contribution in [0.1, 0.15) is 68.7 Å². The van der Waals surface area contributed by atoms with Crippen LogP contribution in [0.3, 0.4) is 0 Å². The smallest absolute Gasteiger partial charge is 0.338 e. The van der Waals surface area contributed by atoms with E-state index in [1.54, 1.807) is 12.4 Å². The largest absolute Gasteiger partial charge is 0.416 e. The van der Waals surface area contributed by atoms with Crippen LogP contribution >= 0.6 is 0 Å². The van der Waals surface area contributed by atoms with E-state index in [4.69, 9.17) is 0 Å². The summed E-state index contributed by atoms with van der Waals surface area (Å²) in [5.41, 5.74) is 0.430. The third kappa shape index (κ3) is 4.57. The van der Waals surface area contributed by atoms with Crippen LogP contribution in [0.2, 0.25) is 0 Å². The summed E-state index contributed by atoms with van der Waals surface area (Å²) < 4.78 is 41.6. The third-order valence-corrected chi connectivity index (χ3v) is 8.64. The maximum absolute atomic E-state index is 14.0. The van der Waals surface area contributed by atoms with Crippen LogP contribution in [0, 0.1) is 11.3 Å². The molecule has 1 aromatic carbocycles.